The fourth-order valence-electron chi connectivity index (χ4n) is 2.55. The van der Waals surface area contributed by atoms with E-state index >= 15 is 0 Å². The molecule has 7 heteroatoms. The number of anilines is 2. The van der Waals surface area contributed by atoms with E-state index in [2.05, 4.69) is 9.97 Å². The molecule has 5 nitrogen and oxygen atoms in total. The minimum absolute atomic E-state index is 0.309. The number of aromatic nitrogens is 2. The quantitative estimate of drug-likeness (QED) is 0.780. The Morgan fingerprint density at radius 1 is 1.12 bits per heavy atom. The zero-order chi connectivity index (χ0) is 16.5. The third-order valence-electron chi connectivity index (χ3n) is 3.57. The van der Waals surface area contributed by atoms with E-state index in [0.717, 1.165) is 10.6 Å². The number of nitrogens with two attached hydrogens (primary N) is 1. The van der Waals surface area contributed by atoms with Crippen LogP contribution in [-0.4, -0.2) is 15.5 Å². The molecule has 0 aliphatic carbocycles. The molecule has 120 valence electrons. The molecule has 0 radical (unpaired) electrons. The van der Waals surface area contributed by atoms with Gasteiger partial charge in [-0.1, -0.05) is 23.9 Å². The van der Waals surface area contributed by atoms with Crippen molar-refractivity contribution in [2.45, 2.75) is 10.4 Å². The van der Waals surface area contributed by atoms with Gasteiger partial charge in [0.1, 0.15) is 11.2 Å². The Morgan fingerprint density at radius 3 is 2.79 bits per heavy atom. The van der Waals surface area contributed by atoms with Crippen LogP contribution in [0.2, 0.25) is 0 Å². The zero-order valence-corrected chi connectivity index (χ0v) is 13.3. The molecule has 1 unspecified atom stereocenters. The van der Waals surface area contributed by atoms with E-state index in [1.54, 1.807) is 23.2 Å². The van der Waals surface area contributed by atoms with Crippen molar-refractivity contribution in [3.8, 4) is 11.6 Å². The molecule has 1 aliphatic rings. The Balaban J connectivity index is 1.65. The van der Waals surface area contributed by atoms with Crippen LogP contribution in [0, 0.1) is 5.82 Å². The number of benzene rings is 2. The number of nitrogens with zero attached hydrogens (tertiary/aromatic N) is 3. The second-order valence-electron chi connectivity index (χ2n) is 5.11. The fraction of sp³-hybridized carbons (Fsp3) is 0.0588. The van der Waals surface area contributed by atoms with Gasteiger partial charge in [-0.25, -0.2) is 9.37 Å². The number of thioether (sulfide) groups is 1. The average Bonchev–Trinajstić information content (AvgIpc) is 2.92. The highest BCUT2D eigenvalue weighted by atomic mass is 32.2. The van der Waals surface area contributed by atoms with Gasteiger partial charge in [0.05, 0.1) is 17.6 Å². The molecule has 2 N–H and O–H groups in total. The van der Waals surface area contributed by atoms with Gasteiger partial charge in [-0.3, -0.25) is 4.98 Å². The van der Waals surface area contributed by atoms with Gasteiger partial charge in [0.2, 0.25) is 5.88 Å². The lowest BCUT2D eigenvalue weighted by Gasteiger charge is -2.24. The Labute approximate surface area is 142 Å². The van der Waals surface area contributed by atoms with Crippen LogP contribution in [0.25, 0.3) is 0 Å². The monoisotopic (exact) mass is 340 g/mol. The summed E-state index contributed by atoms with van der Waals surface area (Å²) < 4.78 is 20.2. The first-order valence-corrected chi connectivity index (χ1v) is 8.14. The number of rotatable bonds is 3. The fourth-order valence-corrected chi connectivity index (χ4v) is 3.58. The maximum Gasteiger partial charge on any atom is 0.237 e. The zero-order valence-electron chi connectivity index (χ0n) is 12.5. The summed E-state index contributed by atoms with van der Waals surface area (Å²) in [5.74, 6) is 0.248. The molecular formula is C17H13FN4OS. The smallest absolute Gasteiger partial charge is 0.237 e. The van der Waals surface area contributed by atoms with Crippen molar-refractivity contribution in [3.05, 3.63) is 66.9 Å². The normalized spacial score (nSPS) is 16.1. The summed E-state index contributed by atoms with van der Waals surface area (Å²) >= 11 is 1.50. The van der Waals surface area contributed by atoms with Crippen LogP contribution in [0.15, 0.2) is 66.0 Å². The molecule has 1 atom stereocenters. The molecule has 1 aromatic heterocycles. The predicted octanol–water partition coefficient (Wildman–Crippen LogP) is 3.89. The van der Waals surface area contributed by atoms with Crippen molar-refractivity contribution in [2.24, 2.45) is 5.73 Å². The van der Waals surface area contributed by atoms with Crippen LogP contribution >= 0.6 is 11.8 Å². The Hall–Kier alpha value is -2.64. The van der Waals surface area contributed by atoms with Crippen LogP contribution in [-0.2, 0) is 0 Å². The molecule has 0 saturated carbocycles. The van der Waals surface area contributed by atoms with Gasteiger partial charge in [0, 0.05) is 23.4 Å². The van der Waals surface area contributed by atoms with Crippen molar-refractivity contribution < 1.29 is 9.13 Å². The van der Waals surface area contributed by atoms with Gasteiger partial charge in [0.25, 0.3) is 0 Å². The van der Waals surface area contributed by atoms with Gasteiger partial charge in [0.15, 0.2) is 5.82 Å². The van der Waals surface area contributed by atoms with E-state index < -0.39 is 5.82 Å². The number of hydrogen-bond acceptors (Lipinski definition) is 6. The van der Waals surface area contributed by atoms with Gasteiger partial charge in [-0.2, -0.15) is 0 Å². The predicted molar refractivity (Wildman–Crippen MR) is 90.9 cm³/mol. The third-order valence-corrected chi connectivity index (χ3v) is 4.62. The molecule has 0 fully saturated rings. The Kier molecular flexibility index (Phi) is 3.79. The summed E-state index contributed by atoms with van der Waals surface area (Å²) in [7, 11) is 0. The summed E-state index contributed by atoms with van der Waals surface area (Å²) in [5.41, 5.74) is 7.10. The maximum atomic E-state index is 14.6. The first kappa shape index (κ1) is 14.9. The second kappa shape index (κ2) is 6.10. The summed E-state index contributed by atoms with van der Waals surface area (Å²) in [4.78, 5) is 10.7. The lowest BCUT2D eigenvalue weighted by Crippen LogP contribution is -2.32. The van der Waals surface area contributed by atoms with Crippen LogP contribution in [0.5, 0.6) is 11.6 Å². The highest BCUT2D eigenvalue weighted by Crippen LogP contribution is 2.46. The number of ether oxygens (including phenoxy) is 1. The van der Waals surface area contributed by atoms with E-state index in [1.807, 2.05) is 24.3 Å². The molecule has 4 rings (SSSR count). The molecule has 3 aromatic rings. The molecule has 0 spiro atoms. The van der Waals surface area contributed by atoms with Crippen LogP contribution in [0.1, 0.15) is 0 Å². The highest BCUT2D eigenvalue weighted by Gasteiger charge is 2.30. The molecule has 2 aromatic carbocycles. The first-order valence-electron chi connectivity index (χ1n) is 7.26. The SMILES string of the molecule is NC1Sc2ccccc2N1c1ccc(Oc2cnccn2)cc1F. The van der Waals surface area contributed by atoms with E-state index in [4.69, 9.17) is 10.5 Å². The summed E-state index contributed by atoms with van der Waals surface area (Å²) in [6.45, 7) is 0. The molecular weight excluding hydrogens is 327 g/mol. The van der Waals surface area contributed by atoms with Gasteiger partial charge >= 0.3 is 0 Å². The van der Waals surface area contributed by atoms with Crippen molar-refractivity contribution in [3.63, 3.8) is 0 Å². The molecule has 1 aliphatic heterocycles. The molecule has 0 bridgehead atoms. The number of para-hydroxylation sites is 1. The van der Waals surface area contributed by atoms with E-state index in [9.17, 15) is 4.39 Å². The lowest BCUT2D eigenvalue weighted by molar-refractivity contribution is 0.455. The largest absolute Gasteiger partial charge is 0.437 e. The molecule has 24 heavy (non-hydrogen) atoms. The number of halogens is 1. The van der Waals surface area contributed by atoms with Crippen molar-refractivity contribution in [1.29, 1.82) is 0 Å². The van der Waals surface area contributed by atoms with Gasteiger partial charge in [-0.05, 0) is 24.3 Å². The third kappa shape index (κ3) is 2.68. The number of hydrogen-bond donors (Lipinski definition) is 1. The molecule has 0 amide bonds. The minimum Gasteiger partial charge on any atom is -0.437 e. The standard InChI is InChI=1S/C17H13FN4OS/c18-12-9-11(23-16-10-20-7-8-21-16)5-6-13(12)22-14-3-1-2-4-15(14)24-17(22)19/h1-10,17H,19H2. The minimum atomic E-state index is -0.413. The second-order valence-corrected chi connectivity index (χ2v) is 6.26. The van der Waals surface area contributed by atoms with Crippen LogP contribution in [0.3, 0.4) is 0 Å². The highest BCUT2D eigenvalue weighted by molar-refractivity contribution is 8.00. The van der Waals surface area contributed by atoms with Gasteiger partial charge in [-0.15, -0.1) is 0 Å². The summed E-state index contributed by atoms with van der Waals surface area (Å²) in [5, 5.41) is 0. The Morgan fingerprint density at radius 2 is 2.00 bits per heavy atom. The maximum absolute atomic E-state index is 14.6. The van der Waals surface area contributed by atoms with E-state index in [-0.39, 0.29) is 5.50 Å². The van der Waals surface area contributed by atoms with Crippen molar-refractivity contribution in [2.75, 3.05) is 4.90 Å². The van der Waals surface area contributed by atoms with Crippen LogP contribution in [0.4, 0.5) is 15.8 Å². The molecule has 2 heterocycles. The first-order chi connectivity index (χ1) is 11.7. The summed E-state index contributed by atoms with van der Waals surface area (Å²) in [6.07, 6.45) is 4.52. The van der Waals surface area contributed by atoms with E-state index in [1.165, 1.54) is 30.2 Å². The molecule has 0 saturated heterocycles. The number of fused-ring (bicyclic) bond motifs is 1. The van der Waals surface area contributed by atoms with Crippen LogP contribution < -0.4 is 15.4 Å². The van der Waals surface area contributed by atoms with Gasteiger partial charge < -0.3 is 15.4 Å². The summed E-state index contributed by atoms with van der Waals surface area (Å²) in [6, 6.07) is 12.4. The van der Waals surface area contributed by atoms with E-state index in [0.29, 0.717) is 17.3 Å². The lowest BCUT2D eigenvalue weighted by atomic mass is 10.2. The van der Waals surface area contributed by atoms with Crippen molar-refractivity contribution in [1.82, 2.24) is 9.97 Å². The average molecular weight is 340 g/mol. The topological polar surface area (TPSA) is 64.3 Å². The van der Waals surface area contributed by atoms with Crippen molar-refractivity contribution >= 4 is 23.1 Å². The Bertz CT molecular complexity index is 877.